The van der Waals surface area contributed by atoms with Crippen molar-refractivity contribution in [2.45, 2.75) is 65.1 Å². The fourth-order valence-electron chi connectivity index (χ4n) is 2.09. The minimum Gasteiger partial charge on any atom is -0.392 e. The SMILES string of the molecule is CC(C)(C)NC(=O)CCNC1CC(O)C1(C)C. The molecule has 0 bridgehead atoms. The van der Waals surface area contributed by atoms with E-state index in [1.807, 2.05) is 34.6 Å². The highest BCUT2D eigenvalue weighted by Crippen LogP contribution is 2.40. The van der Waals surface area contributed by atoms with Crippen molar-refractivity contribution in [1.29, 1.82) is 0 Å². The maximum Gasteiger partial charge on any atom is 0.221 e. The average molecular weight is 242 g/mol. The average Bonchev–Trinajstić information content (AvgIpc) is 2.13. The second-order valence-corrected chi connectivity index (χ2v) is 6.63. The van der Waals surface area contributed by atoms with E-state index in [2.05, 4.69) is 10.6 Å². The molecule has 100 valence electrons. The number of carbonyl (C=O) groups excluding carboxylic acids is 1. The van der Waals surface area contributed by atoms with Crippen LogP contribution in [0.1, 0.15) is 47.5 Å². The molecule has 17 heavy (non-hydrogen) atoms. The predicted molar refractivity (Wildman–Crippen MR) is 68.7 cm³/mol. The van der Waals surface area contributed by atoms with Gasteiger partial charge in [0.15, 0.2) is 0 Å². The zero-order chi connectivity index (χ0) is 13.3. The third-order valence-corrected chi connectivity index (χ3v) is 3.47. The Morgan fingerprint density at radius 2 is 2.00 bits per heavy atom. The van der Waals surface area contributed by atoms with Crippen molar-refractivity contribution in [3.8, 4) is 0 Å². The van der Waals surface area contributed by atoms with Gasteiger partial charge in [-0.15, -0.1) is 0 Å². The lowest BCUT2D eigenvalue weighted by molar-refractivity contribution is -0.122. The molecule has 0 radical (unpaired) electrons. The van der Waals surface area contributed by atoms with Crippen LogP contribution in [0.4, 0.5) is 0 Å². The normalized spacial score (nSPS) is 27.4. The highest BCUT2D eigenvalue weighted by molar-refractivity contribution is 5.76. The first kappa shape index (κ1) is 14.5. The van der Waals surface area contributed by atoms with Gasteiger partial charge in [0.25, 0.3) is 0 Å². The Labute approximate surface area is 104 Å². The zero-order valence-corrected chi connectivity index (χ0v) is 11.6. The molecule has 0 aliphatic heterocycles. The molecule has 4 heteroatoms. The number of aliphatic hydroxyl groups is 1. The van der Waals surface area contributed by atoms with Gasteiger partial charge < -0.3 is 15.7 Å². The molecule has 0 saturated heterocycles. The van der Waals surface area contributed by atoms with Gasteiger partial charge >= 0.3 is 0 Å². The lowest BCUT2D eigenvalue weighted by Gasteiger charge is -2.49. The van der Waals surface area contributed by atoms with Crippen LogP contribution in [0.5, 0.6) is 0 Å². The molecule has 4 nitrogen and oxygen atoms in total. The van der Waals surface area contributed by atoms with Crippen molar-refractivity contribution in [3.05, 3.63) is 0 Å². The summed E-state index contributed by atoms with van der Waals surface area (Å²) >= 11 is 0. The van der Waals surface area contributed by atoms with Crippen molar-refractivity contribution in [3.63, 3.8) is 0 Å². The maximum absolute atomic E-state index is 11.6. The molecule has 1 aliphatic carbocycles. The quantitative estimate of drug-likeness (QED) is 0.690. The lowest BCUT2D eigenvalue weighted by atomic mass is 9.64. The van der Waals surface area contributed by atoms with E-state index in [9.17, 15) is 9.90 Å². The highest BCUT2D eigenvalue weighted by atomic mass is 16.3. The molecule has 1 rings (SSSR count). The molecular weight excluding hydrogens is 216 g/mol. The van der Waals surface area contributed by atoms with Crippen LogP contribution in [-0.2, 0) is 4.79 Å². The summed E-state index contributed by atoms with van der Waals surface area (Å²) in [6, 6.07) is 0.319. The Balaban J connectivity index is 2.19. The summed E-state index contributed by atoms with van der Waals surface area (Å²) < 4.78 is 0. The summed E-state index contributed by atoms with van der Waals surface area (Å²) in [6.45, 7) is 10.7. The van der Waals surface area contributed by atoms with Crippen molar-refractivity contribution in [2.75, 3.05) is 6.54 Å². The first-order valence-corrected chi connectivity index (χ1v) is 6.35. The van der Waals surface area contributed by atoms with Crippen LogP contribution < -0.4 is 10.6 Å². The molecule has 0 aromatic rings. The molecule has 0 aromatic heterocycles. The van der Waals surface area contributed by atoms with E-state index in [-0.39, 0.29) is 23.0 Å². The minimum absolute atomic E-state index is 0.0689. The third kappa shape index (κ3) is 3.96. The number of carbonyl (C=O) groups is 1. The van der Waals surface area contributed by atoms with Crippen LogP contribution >= 0.6 is 0 Å². The first-order valence-electron chi connectivity index (χ1n) is 6.35. The second-order valence-electron chi connectivity index (χ2n) is 6.63. The smallest absolute Gasteiger partial charge is 0.221 e. The van der Waals surface area contributed by atoms with E-state index >= 15 is 0 Å². The van der Waals surface area contributed by atoms with Gasteiger partial charge in [-0.3, -0.25) is 4.79 Å². The summed E-state index contributed by atoms with van der Waals surface area (Å²) in [7, 11) is 0. The molecule has 1 fully saturated rings. The summed E-state index contributed by atoms with van der Waals surface area (Å²) in [5.74, 6) is 0.0719. The molecule has 2 unspecified atom stereocenters. The van der Waals surface area contributed by atoms with Crippen LogP contribution in [0, 0.1) is 5.41 Å². The molecule has 3 N–H and O–H groups in total. The molecule has 2 atom stereocenters. The van der Waals surface area contributed by atoms with Gasteiger partial charge in [0, 0.05) is 30.0 Å². The number of nitrogens with one attached hydrogen (secondary N) is 2. The molecule has 0 heterocycles. The topological polar surface area (TPSA) is 61.4 Å². The van der Waals surface area contributed by atoms with Crippen molar-refractivity contribution in [1.82, 2.24) is 10.6 Å². The monoisotopic (exact) mass is 242 g/mol. The van der Waals surface area contributed by atoms with Crippen molar-refractivity contribution < 1.29 is 9.90 Å². The largest absolute Gasteiger partial charge is 0.392 e. The van der Waals surface area contributed by atoms with Gasteiger partial charge in [0.05, 0.1) is 6.10 Å². The predicted octanol–water partition coefficient (Wildman–Crippen LogP) is 1.04. The Hall–Kier alpha value is -0.610. The van der Waals surface area contributed by atoms with Gasteiger partial charge in [-0.05, 0) is 27.2 Å². The van der Waals surface area contributed by atoms with E-state index in [4.69, 9.17) is 0 Å². The zero-order valence-electron chi connectivity index (χ0n) is 11.6. The number of amides is 1. The Morgan fingerprint density at radius 1 is 1.41 bits per heavy atom. The van der Waals surface area contributed by atoms with Gasteiger partial charge in [0.1, 0.15) is 0 Å². The van der Waals surface area contributed by atoms with E-state index < -0.39 is 0 Å². The van der Waals surface area contributed by atoms with Gasteiger partial charge in [-0.1, -0.05) is 13.8 Å². The summed E-state index contributed by atoms with van der Waals surface area (Å²) in [5.41, 5.74) is -0.233. The molecule has 1 amide bonds. The standard InChI is InChI=1S/C13H26N2O2/c1-12(2,3)15-11(17)6-7-14-9-8-10(16)13(9,4)5/h9-10,14,16H,6-8H2,1-5H3,(H,15,17). The Kier molecular flexibility index (Phi) is 4.20. The number of aliphatic hydroxyl groups excluding tert-OH is 1. The van der Waals surface area contributed by atoms with Crippen LogP contribution in [0.3, 0.4) is 0 Å². The van der Waals surface area contributed by atoms with Gasteiger partial charge in [-0.25, -0.2) is 0 Å². The number of hydrogen-bond acceptors (Lipinski definition) is 3. The number of hydrogen-bond donors (Lipinski definition) is 3. The van der Waals surface area contributed by atoms with Crippen LogP contribution in [0.15, 0.2) is 0 Å². The van der Waals surface area contributed by atoms with E-state index in [0.29, 0.717) is 19.0 Å². The lowest BCUT2D eigenvalue weighted by Crippen LogP contribution is -2.60. The molecule has 0 spiro atoms. The summed E-state index contributed by atoms with van der Waals surface area (Å²) in [6.07, 6.45) is 1.05. The van der Waals surface area contributed by atoms with Gasteiger partial charge in [0.2, 0.25) is 5.91 Å². The third-order valence-electron chi connectivity index (χ3n) is 3.47. The van der Waals surface area contributed by atoms with Crippen molar-refractivity contribution in [2.24, 2.45) is 5.41 Å². The summed E-state index contributed by atoms with van der Waals surface area (Å²) in [5, 5.41) is 15.9. The first-order chi connectivity index (χ1) is 7.63. The summed E-state index contributed by atoms with van der Waals surface area (Å²) in [4.78, 5) is 11.6. The Morgan fingerprint density at radius 3 is 2.41 bits per heavy atom. The minimum atomic E-state index is -0.219. The Bertz CT molecular complexity index is 282. The van der Waals surface area contributed by atoms with Crippen LogP contribution in [-0.4, -0.2) is 35.2 Å². The van der Waals surface area contributed by atoms with E-state index in [0.717, 1.165) is 6.42 Å². The second kappa shape index (κ2) is 4.94. The van der Waals surface area contributed by atoms with Crippen molar-refractivity contribution >= 4 is 5.91 Å². The fraction of sp³-hybridized carbons (Fsp3) is 0.923. The fourth-order valence-corrected chi connectivity index (χ4v) is 2.09. The van der Waals surface area contributed by atoms with Crippen LogP contribution in [0.2, 0.25) is 0 Å². The highest BCUT2D eigenvalue weighted by Gasteiger charge is 2.46. The van der Waals surface area contributed by atoms with Crippen LogP contribution in [0.25, 0.3) is 0 Å². The van der Waals surface area contributed by atoms with E-state index in [1.54, 1.807) is 0 Å². The molecule has 0 aromatic carbocycles. The molecule has 1 aliphatic rings. The molecule has 1 saturated carbocycles. The van der Waals surface area contributed by atoms with E-state index in [1.165, 1.54) is 0 Å². The molecular formula is C13H26N2O2. The van der Waals surface area contributed by atoms with Gasteiger partial charge in [-0.2, -0.15) is 0 Å². The number of rotatable bonds is 4. The maximum atomic E-state index is 11.6.